The first-order chi connectivity index (χ1) is 7.38. The fraction of sp³-hybridized carbons (Fsp3) is 0.818. The quantitative estimate of drug-likeness (QED) is 0.671. The summed E-state index contributed by atoms with van der Waals surface area (Å²) in [4.78, 5) is 15.8. The van der Waals surface area contributed by atoms with E-state index in [1.807, 2.05) is 6.92 Å². The number of nitrogens with zero attached hydrogens (tertiary/aromatic N) is 2. The molecular weight excluding hydrogens is 222 g/mol. The molecule has 0 aromatic rings. The van der Waals surface area contributed by atoms with Crippen molar-refractivity contribution in [2.75, 3.05) is 33.7 Å². The third-order valence-corrected chi connectivity index (χ3v) is 2.82. The van der Waals surface area contributed by atoms with Crippen LogP contribution < -0.4 is 5.73 Å². The van der Waals surface area contributed by atoms with Crippen LogP contribution in [-0.4, -0.2) is 54.4 Å². The number of nitrogens with two attached hydrogens (primary N) is 1. The summed E-state index contributed by atoms with van der Waals surface area (Å²) in [7, 11) is 3.53. The second kappa shape index (κ2) is 7.57. The van der Waals surface area contributed by atoms with Gasteiger partial charge in [-0.1, -0.05) is 26.1 Å². The van der Waals surface area contributed by atoms with E-state index in [1.165, 1.54) is 0 Å². The summed E-state index contributed by atoms with van der Waals surface area (Å²) < 4.78 is 0. The van der Waals surface area contributed by atoms with E-state index in [4.69, 9.17) is 18.0 Å². The molecule has 1 atom stereocenters. The Balaban J connectivity index is 4.27. The minimum absolute atomic E-state index is 0.114. The van der Waals surface area contributed by atoms with E-state index in [1.54, 1.807) is 19.0 Å². The standard InChI is InChI=1S/C11H23N3OS/c1-5-6-14(7-9(2)11(12)16)8-10(15)13(3)4/h9H,5-8H2,1-4H3,(H2,12,16). The highest BCUT2D eigenvalue weighted by atomic mass is 32.1. The smallest absolute Gasteiger partial charge is 0.236 e. The molecule has 0 bridgehead atoms. The van der Waals surface area contributed by atoms with Crippen LogP contribution in [0.15, 0.2) is 0 Å². The predicted molar refractivity (Wildman–Crippen MR) is 71.4 cm³/mol. The SMILES string of the molecule is CCCN(CC(=O)N(C)C)CC(C)C(N)=S. The average Bonchev–Trinajstić information content (AvgIpc) is 2.17. The Morgan fingerprint density at radius 1 is 1.44 bits per heavy atom. The summed E-state index contributed by atoms with van der Waals surface area (Å²) in [6, 6.07) is 0. The highest BCUT2D eigenvalue weighted by Crippen LogP contribution is 2.02. The number of hydrogen-bond donors (Lipinski definition) is 1. The molecule has 0 radical (unpaired) electrons. The van der Waals surface area contributed by atoms with Crippen molar-refractivity contribution in [2.24, 2.45) is 11.7 Å². The molecule has 2 N–H and O–H groups in total. The molecule has 5 heteroatoms. The van der Waals surface area contributed by atoms with Crippen molar-refractivity contribution < 1.29 is 4.79 Å². The first-order valence-electron chi connectivity index (χ1n) is 5.60. The van der Waals surface area contributed by atoms with Gasteiger partial charge in [0.2, 0.25) is 5.91 Å². The molecule has 0 fully saturated rings. The van der Waals surface area contributed by atoms with Crippen molar-refractivity contribution in [3.05, 3.63) is 0 Å². The van der Waals surface area contributed by atoms with Crippen LogP contribution in [-0.2, 0) is 4.79 Å². The third-order valence-electron chi connectivity index (χ3n) is 2.42. The Kier molecular flexibility index (Phi) is 7.25. The van der Waals surface area contributed by atoms with E-state index in [0.29, 0.717) is 11.5 Å². The van der Waals surface area contributed by atoms with Crippen LogP contribution in [0.1, 0.15) is 20.3 Å². The fourth-order valence-corrected chi connectivity index (χ4v) is 1.44. The van der Waals surface area contributed by atoms with Crippen LogP contribution in [0.2, 0.25) is 0 Å². The first kappa shape index (κ1) is 15.3. The van der Waals surface area contributed by atoms with Crippen molar-refractivity contribution in [3.8, 4) is 0 Å². The van der Waals surface area contributed by atoms with E-state index in [2.05, 4.69) is 11.8 Å². The van der Waals surface area contributed by atoms with Gasteiger partial charge in [-0.2, -0.15) is 0 Å². The highest BCUT2D eigenvalue weighted by Gasteiger charge is 2.15. The Labute approximate surface area is 104 Å². The lowest BCUT2D eigenvalue weighted by atomic mass is 10.1. The molecule has 94 valence electrons. The molecule has 0 rings (SSSR count). The number of carbonyl (C=O) groups is 1. The van der Waals surface area contributed by atoms with Crippen LogP contribution in [0, 0.1) is 5.92 Å². The largest absolute Gasteiger partial charge is 0.393 e. The molecule has 1 unspecified atom stereocenters. The lowest BCUT2D eigenvalue weighted by Gasteiger charge is -2.25. The average molecular weight is 245 g/mol. The van der Waals surface area contributed by atoms with Crippen LogP contribution in [0.25, 0.3) is 0 Å². The normalized spacial score (nSPS) is 12.6. The van der Waals surface area contributed by atoms with Crippen LogP contribution in [0.3, 0.4) is 0 Å². The molecule has 0 heterocycles. The Morgan fingerprint density at radius 3 is 2.38 bits per heavy atom. The number of amides is 1. The topological polar surface area (TPSA) is 49.6 Å². The molecule has 0 saturated heterocycles. The molecular formula is C11H23N3OS. The van der Waals surface area contributed by atoms with E-state index < -0.39 is 0 Å². The lowest BCUT2D eigenvalue weighted by Crippen LogP contribution is -2.41. The van der Waals surface area contributed by atoms with E-state index in [-0.39, 0.29) is 11.8 Å². The number of carbonyl (C=O) groups excluding carboxylic acids is 1. The molecule has 0 aliphatic rings. The number of hydrogen-bond acceptors (Lipinski definition) is 3. The molecule has 4 nitrogen and oxygen atoms in total. The maximum atomic E-state index is 11.6. The zero-order valence-electron chi connectivity index (χ0n) is 10.7. The van der Waals surface area contributed by atoms with Crippen molar-refractivity contribution in [2.45, 2.75) is 20.3 Å². The van der Waals surface area contributed by atoms with Crippen molar-refractivity contribution >= 4 is 23.1 Å². The summed E-state index contributed by atoms with van der Waals surface area (Å²) in [6.07, 6.45) is 1.02. The Morgan fingerprint density at radius 2 is 2.00 bits per heavy atom. The Bertz CT molecular complexity index is 243. The molecule has 1 amide bonds. The van der Waals surface area contributed by atoms with E-state index >= 15 is 0 Å². The van der Waals surface area contributed by atoms with Gasteiger partial charge in [-0.25, -0.2) is 0 Å². The molecule has 16 heavy (non-hydrogen) atoms. The van der Waals surface area contributed by atoms with Crippen LogP contribution in [0.4, 0.5) is 0 Å². The predicted octanol–water partition coefficient (Wildman–Crippen LogP) is 0.709. The van der Waals surface area contributed by atoms with Gasteiger partial charge in [-0.05, 0) is 13.0 Å². The third kappa shape index (κ3) is 6.02. The van der Waals surface area contributed by atoms with Crippen molar-refractivity contribution in [3.63, 3.8) is 0 Å². The minimum atomic E-state index is 0.114. The summed E-state index contributed by atoms with van der Waals surface area (Å²) in [5.41, 5.74) is 5.58. The summed E-state index contributed by atoms with van der Waals surface area (Å²) >= 11 is 4.94. The van der Waals surface area contributed by atoms with Gasteiger partial charge in [-0.15, -0.1) is 0 Å². The molecule has 0 aliphatic heterocycles. The van der Waals surface area contributed by atoms with Gasteiger partial charge in [0.1, 0.15) is 0 Å². The van der Waals surface area contributed by atoms with Crippen molar-refractivity contribution in [1.82, 2.24) is 9.80 Å². The van der Waals surface area contributed by atoms with Gasteiger partial charge >= 0.3 is 0 Å². The maximum Gasteiger partial charge on any atom is 0.236 e. The zero-order valence-corrected chi connectivity index (χ0v) is 11.5. The molecule has 0 saturated carbocycles. The summed E-state index contributed by atoms with van der Waals surface area (Å²) in [6.45, 7) is 6.17. The van der Waals surface area contributed by atoms with Crippen LogP contribution >= 0.6 is 12.2 Å². The zero-order chi connectivity index (χ0) is 12.7. The number of thiocarbonyl (C=S) groups is 1. The van der Waals surface area contributed by atoms with Gasteiger partial charge < -0.3 is 10.6 Å². The van der Waals surface area contributed by atoms with Gasteiger partial charge in [-0.3, -0.25) is 9.69 Å². The fourth-order valence-electron chi connectivity index (χ4n) is 1.36. The van der Waals surface area contributed by atoms with Gasteiger partial charge in [0.25, 0.3) is 0 Å². The second-order valence-electron chi connectivity index (χ2n) is 4.33. The molecule has 0 aromatic carbocycles. The summed E-state index contributed by atoms with van der Waals surface area (Å²) in [5.74, 6) is 0.264. The monoisotopic (exact) mass is 245 g/mol. The Hall–Kier alpha value is -0.680. The van der Waals surface area contributed by atoms with Crippen LogP contribution in [0.5, 0.6) is 0 Å². The minimum Gasteiger partial charge on any atom is -0.393 e. The van der Waals surface area contributed by atoms with Gasteiger partial charge in [0.15, 0.2) is 0 Å². The number of rotatable bonds is 7. The van der Waals surface area contributed by atoms with Crippen molar-refractivity contribution in [1.29, 1.82) is 0 Å². The first-order valence-corrected chi connectivity index (χ1v) is 6.01. The number of likely N-dealkylation sites (N-methyl/N-ethyl adjacent to an activating group) is 1. The lowest BCUT2D eigenvalue weighted by molar-refractivity contribution is -0.129. The molecule has 0 aromatic heterocycles. The molecule has 0 spiro atoms. The van der Waals surface area contributed by atoms with Gasteiger partial charge in [0.05, 0.1) is 11.5 Å². The van der Waals surface area contributed by atoms with E-state index in [9.17, 15) is 4.79 Å². The second-order valence-corrected chi connectivity index (χ2v) is 4.80. The molecule has 0 aliphatic carbocycles. The maximum absolute atomic E-state index is 11.6. The van der Waals surface area contributed by atoms with E-state index in [0.717, 1.165) is 19.5 Å². The van der Waals surface area contributed by atoms with Gasteiger partial charge in [0, 0.05) is 26.6 Å². The highest BCUT2D eigenvalue weighted by molar-refractivity contribution is 7.80. The summed E-state index contributed by atoms with van der Waals surface area (Å²) in [5, 5.41) is 0.